The average Bonchev–Trinajstić information content (AvgIpc) is 3.18. The van der Waals surface area contributed by atoms with Crippen LogP contribution in [0, 0.1) is 46.3 Å². The third-order valence-electron chi connectivity index (χ3n) is 10.8. The average molecular weight is 476 g/mol. The quantitative estimate of drug-likeness (QED) is 0.511. The number of carbonyl (C=O) groups excluding carboxylic acids is 3. The molecular weight excluding hydrogens is 430 g/mol. The number of Topliss-reactive ketones (excluding diaryl/α,β-unsaturated/α-hetero) is 1. The Morgan fingerprint density at radius 1 is 1.12 bits per heavy atom. The Balaban J connectivity index is 1.68. The maximum Gasteiger partial charge on any atom is 0.407 e. The van der Waals surface area contributed by atoms with Crippen LogP contribution in [0.25, 0.3) is 0 Å². The fraction of sp³-hybridized carbons (Fsp3) is 0.893. The maximum absolute atomic E-state index is 14.5. The number of fused-ring (bicyclic) bond motifs is 5. The first-order chi connectivity index (χ1) is 16.2. The van der Waals surface area contributed by atoms with E-state index in [2.05, 4.69) is 26.1 Å². The first-order valence-electron chi connectivity index (χ1n) is 13.7. The lowest BCUT2D eigenvalue weighted by Crippen LogP contribution is -2.67. The first kappa shape index (κ1) is 25.5. The standard InChI is InChI=1S/C28H45NO5/c1-6-34-26(32)29-24-23-19(12-11-18-9-7-8-16-27(18,23)3)21-14-13-20(28(21,4)25(24)31)17(2)10-15-22(30)33-5/h17-21,23-24H,6-16H2,1-5H3,(H,29,32)/t17-,18+,19?,20?,21?,23?,24+,27+,28-/m1/s1. The van der Waals surface area contributed by atoms with Crippen molar-refractivity contribution in [1.29, 1.82) is 0 Å². The number of hydrogen-bond donors (Lipinski definition) is 1. The van der Waals surface area contributed by atoms with Gasteiger partial charge in [0.2, 0.25) is 0 Å². The van der Waals surface area contributed by atoms with Gasteiger partial charge in [-0.1, -0.05) is 33.6 Å². The summed E-state index contributed by atoms with van der Waals surface area (Å²) < 4.78 is 10.1. The maximum atomic E-state index is 14.5. The molecular formula is C28H45NO5. The summed E-state index contributed by atoms with van der Waals surface area (Å²) in [5.74, 6) is 2.13. The summed E-state index contributed by atoms with van der Waals surface area (Å²) in [6, 6.07) is -0.482. The molecule has 4 rings (SSSR count). The molecule has 0 heterocycles. The van der Waals surface area contributed by atoms with E-state index in [1.807, 2.05) is 0 Å². The number of alkyl carbamates (subject to hydrolysis) is 1. The Morgan fingerprint density at radius 3 is 2.59 bits per heavy atom. The lowest BCUT2D eigenvalue weighted by molar-refractivity contribution is -0.164. The SMILES string of the molecule is CCOC(=O)N[C@@H]1C(=O)[C@@]2(C)C(CCC2[C@H](C)CCC(=O)OC)C2CC[C@@H]3CCCC[C@]3(C)C21. The molecule has 0 aromatic carbocycles. The van der Waals surface area contributed by atoms with Crippen molar-refractivity contribution in [3.8, 4) is 0 Å². The number of methoxy groups -OCH3 is 1. The van der Waals surface area contributed by atoms with Gasteiger partial charge in [0.25, 0.3) is 0 Å². The Labute approximate surface area is 205 Å². The predicted molar refractivity (Wildman–Crippen MR) is 130 cm³/mol. The zero-order valence-electron chi connectivity index (χ0n) is 21.9. The van der Waals surface area contributed by atoms with Crippen LogP contribution in [0.2, 0.25) is 0 Å². The van der Waals surface area contributed by atoms with Crippen LogP contribution in [0.3, 0.4) is 0 Å². The number of ketones is 1. The van der Waals surface area contributed by atoms with Gasteiger partial charge in [0.15, 0.2) is 5.78 Å². The molecule has 4 aliphatic rings. The van der Waals surface area contributed by atoms with Gasteiger partial charge in [0, 0.05) is 11.8 Å². The molecule has 192 valence electrons. The molecule has 4 saturated carbocycles. The van der Waals surface area contributed by atoms with Gasteiger partial charge in [0.05, 0.1) is 19.8 Å². The highest BCUT2D eigenvalue weighted by Gasteiger charge is 2.67. The van der Waals surface area contributed by atoms with E-state index in [1.165, 1.54) is 32.8 Å². The zero-order valence-corrected chi connectivity index (χ0v) is 21.9. The predicted octanol–water partition coefficient (Wildman–Crippen LogP) is 5.53. The topological polar surface area (TPSA) is 81.7 Å². The van der Waals surface area contributed by atoms with Crippen molar-refractivity contribution >= 4 is 17.8 Å². The molecule has 0 radical (unpaired) electrons. The summed E-state index contributed by atoms with van der Waals surface area (Å²) in [6.07, 6.45) is 10.0. The largest absolute Gasteiger partial charge is 0.469 e. The fourth-order valence-corrected chi connectivity index (χ4v) is 9.22. The summed E-state index contributed by atoms with van der Waals surface area (Å²) in [6.45, 7) is 8.88. The summed E-state index contributed by atoms with van der Waals surface area (Å²) >= 11 is 0. The van der Waals surface area contributed by atoms with Crippen molar-refractivity contribution in [2.24, 2.45) is 46.3 Å². The lowest BCUT2D eigenvalue weighted by Gasteiger charge is -2.62. The monoisotopic (exact) mass is 475 g/mol. The highest BCUT2D eigenvalue weighted by molar-refractivity contribution is 5.94. The minimum Gasteiger partial charge on any atom is -0.469 e. The van der Waals surface area contributed by atoms with Crippen molar-refractivity contribution in [1.82, 2.24) is 5.32 Å². The number of carbonyl (C=O) groups is 3. The fourth-order valence-electron chi connectivity index (χ4n) is 9.22. The van der Waals surface area contributed by atoms with E-state index in [4.69, 9.17) is 9.47 Å². The highest BCUT2D eigenvalue weighted by atomic mass is 16.5. The molecule has 0 saturated heterocycles. The Hall–Kier alpha value is -1.59. The van der Waals surface area contributed by atoms with E-state index >= 15 is 0 Å². The molecule has 9 atom stereocenters. The highest BCUT2D eigenvalue weighted by Crippen LogP contribution is 2.67. The van der Waals surface area contributed by atoms with E-state index in [-0.39, 0.29) is 34.9 Å². The number of hydrogen-bond acceptors (Lipinski definition) is 5. The number of esters is 1. The summed E-state index contributed by atoms with van der Waals surface area (Å²) in [5.41, 5.74) is -0.379. The van der Waals surface area contributed by atoms with Gasteiger partial charge in [-0.3, -0.25) is 9.59 Å². The van der Waals surface area contributed by atoms with E-state index in [9.17, 15) is 14.4 Å². The molecule has 0 bridgehead atoms. The molecule has 0 spiro atoms. The minimum atomic E-state index is -0.482. The van der Waals surface area contributed by atoms with Crippen LogP contribution in [0.15, 0.2) is 0 Å². The molecule has 0 aromatic heterocycles. The molecule has 0 aromatic rings. The Bertz CT molecular complexity index is 798. The molecule has 0 aliphatic heterocycles. The summed E-state index contributed by atoms with van der Waals surface area (Å²) in [7, 11) is 1.43. The second-order valence-corrected chi connectivity index (χ2v) is 12.1. The van der Waals surface area contributed by atoms with Crippen LogP contribution in [-0.2, 0) is 19.1 Å². The molecule has 4 aliphatic carbocycles. The lowest BCUT2D eigenvalue weighted by atomic mass is 9.43. The van der Waals surface area contributed by atoms with E-state index < -0.39 is 17.6 Å². The number of amides is 1. The van der Waals surface area contributed by atoms with E-state index in [0.29, 0.717) is 30.8 Å². The van der Waals surface area contributed by atoms with Gasteiger partial charge < -0.3 is 14.8 Å². The molecule has 1 amide bonds. The van der Waals surface area contributed by atoms with Gasteiger partial charge in [-0.05, 0) is 92.8 Å². The second-order valence-electron chi connectivity index (χ2n) is 12.1. The smallest absolute Gasteiger partial charge is 0.407 e. The number of ether oxygens (including phenoxy) is 2. The normalized spacial score (nSPS) is 42.1. The molecule has 6 heteroatoms. The minimum absolute atomic E-state index is 0.0942. The number of rotatable bonds is 6. The van der Waals surface area contributed by atoms with Crippen LogP contribution in [0.5, 0.6) is 0 Å². The van der Waals surface area contributed by atoms with E-state index in [1.54, 1.807) is 6.92 Å². The third kappa shape index (κ3) is 4.07. The molecule has 1 N–H and O–H groups in total. The van der Waals surface area contributed by atoms with Gasteiger partial charge in [-0.15, -0.1) is 0 Å². The summed E-state index contributed by atoms with van der Waals surface area (Å²) in [4.78, 5) is 39.0. The molecule has 4 fully saturated rings. The van der Waals surface area contributed by atoms with Crippen molar-refractivity contribution in [2.45, 2.75) is 97.9 Å². The Morgan fingerprint density at radius 2 is 1.88 bits per heavy atom. The first-order valence-corrected chi connectivity index (χ1v) is 13.7. The van der Waals surface area contributed by atoms with Crippen molar-refractivity contribution < 1.29 is 23.9 Å². The molecule has 6 nitrogen and oxygen atoms in total. The van der Waals surface area contributed by atoms with Gasteiger partial charge in [0.1, 0.15) is 0 Å². The van der Waals surface area contributed by atoms with Gasteiger partial charge >= 0.3 is 12.1 Å². The van der Waals surface area contributed by atoms with E-state index in [0.717, 1.165) is 32.1 Å². The van der Waals surface area contributed by atoms with Crippen LogP contribution in [-0.4, -0.2) is 37.6 Å². The van der Waals surface area contributed by atoms with Gasteiger partial charge in [-0.2, -0.15) is 0 Å². The van der Waals surface area contributed by atoms with Crippen LogP contribution >= 0.6 is 0 Å². The van der Waals surface area contributed by atoms with Crippen LogP contribution in [0.1, 0.15) is 91.9 Å². The van der Waals surface area contributed by atoms with Crippen LogP contribution < -0.4 is 5.32 Å². The van der Waals surface area contributed by atoms with Crippen molar-refractivity contribution in [2.75, 3.05) is 13.7 Å². The Kier molecular flexibility index (Phi) is 7.36. The van der Waals surface area contributed by atoms with Crippen LogP contribution in [0.4, 0.5) is 4.79 Å². The molecule has 4 unspecified atom stereocenters. The third-order valence-corrected chi connectivity index (χ3v) is 10.8. The second kappa shape index (κ2) is 9.81. The summed E-state index contributed by atoms with van der Waals surface area (Å²) in [5, 5.41) is 3.10. The van der Waals surface area contributed by atoms with Crippen molar-refractivity contribution in [3.63, 3.8) is 0 Å². The number of nitrogens with one attached hydrogen (secondary N) is 1. The molecule has 34 heavy (non-hydrogen) atoms. The van der Waals surface area contributed by atoms with Crippen molar-refractivity contribution in [3.05, 3.63) is 0 Å². The van der Waals surface area contributed by atoms with Gasteiger partial charge in [-0.25, -0.2) is 4.79 Å². The zero-order chi connectivity index (χ0) is 24.7.